The molecule has 15 heavy (non-hydrogen) atoms. The van der Waals surface area contributed by atoms with E-state index >= 15 is 0 Å². The number of benzene rings is 1. The first-order chi connectivity index (χ1) is 7.24. The van der Waals surface area contributed by atoms with Crippen molar-refractivity contribution < 1.29 is 9.53 Å². The van der Waals surface area contributed by atoms with Gasteiger partial charge in [-0.2, -0.15) is 0 Å². The average molecular weight is 206 g/mol. The molecule has 0 atom stereocenters. The Morgan fingerprint density at radius 2 is 2.40 bits per heavy atom. The van der Waals surface area contributed by atoms with Gasteiger partial charge >= 0.3 is 6.09 Å². The van der Waals surface area contributed by atoms with Crippen LogP contribution in [0.1, 0.15) is 12.5 Å². The van der Waals surface area contributed by atoms with Gasteiger partial charge in [0.2, 0.25) is 0 Å². The molecular weight excluding hydrogens is 192 g/mol. The Kier molecular flexibility index (Phi) is 2.49. The zero-order valence-corrected chi connectivity index (χ0v) is 8.69. The molecule has 1 aliphatic heterocycles. The van der Waals surface area contributed by atoms with Crippen LogP contribution in [0.15, 0.2) is 18.2 Å². The van der Waals surface area contributed by atoms with Crippen molar-refractivity contribution in [1.82, 2.24) is 0 Å². The highest BCUT2D eigenvalue weighted by Gasteiger charge is 2.27. The number of nitrogens with two attached hydrogens (primary N) is 1. The molecule has 0 radical (unpaired) electrons. The molecule has 2 rings (SSSR count). The minimum Gasteiger partial charge on any atom is -0.449 e. The van der Waals surface area contributed by atoms with Crippen LogP contribution in [0.5, 0.6) is 0 Å². The fourth-order valence-corrected chi connectivity index (χ4v) is 1.87. The van der Waals surface area contributed by atoms with Crippen molar-refractivity contribution in [2.45, 2.75) is 13.3 Å². The van der Waals surface area contributed by atoms with E-state index in [2.05, 4.69) is 0 Å². The standard InChI is InChI=1S/C11H14N2O2/c1-2-15-11(14)13-7-6-8-4-3-5-9(12)10(8)13/h3-5H,2,6-7,12H2,1H3. The fraction of sp³-hybridized carbons (Fsp3) is 0.364. The Labute approximate surface area is 88.6 Å². The first-order valence-electron chi connectivity index (χ1n) is 5.05. The van der Waals surface area contributed by atoms with Gasteiger partial charge in [0, 0.05) is 6.54 Å². The van der Waals surface area contributed by atoms with E-state index in [4.69, 9.17) is 10.5 Å². The summed E-state index contributed by atoms with van der Waals surface area (Å²) in [5.41, 5.74) is 8.41. The molecule has 1 aliphatic rings. The van der Waals surface area contributed by atoms with Gasteiger partial charge < -0.3 is 10.5 Å². The van der Waals surface area contributed by atoms with E-state index in [1.54, 1.807) is 17.9 Å². The predicted molar refractivity (Wildman–Crippen MR) is 58.9 cm³/mol. The van der Waals surface area contributed by atoms with Crippen LogP contribution in [0, 0.1) is 0 Å². The van der Waals surface area contributed by atoms with Gasteiger partial charge in [0.25, 0.3) is 0 Å². The summed E-state index contributed by atoms with van der Waals surface area (Å²) >= 11 is 0. The number of para-hydroxylation sites is 1. The van der Waals surface area contributed by atoms with Crippen LogP contribution < -0.4 is 10.6 Å². The topological polar surface area (TPSA) is 55.6 Å². The molecule has 4 heteroatoms. The van der Waals surface area contributed by atoms with E-state index in [-0.39, 0.29) is 6.09 Å². The first kappa shape index (κ1) is 9.83. The van der Waals surface area contributed by atoms with Crippen LogP contribution in [0.2, 0.25) is 0 Å². The maximum Gasteiger partial charge on any atom is 0.414 e. The molecule has 0 unspecified atom stereocenters. The van der Waals surface area contributed by atoms with Gasteiger partial charge in [0.05, 0.1) is 18.0 Å². The zero-order chi connectivity index (χ0) is 10.8. The smallest absolute Gasteiger partial charge is 0.414 e. The average Bonchev–Trinajstić information content (AvgIpc) is 2.63. The van der Waals surface area contributed by atoms with Crippen LogP contribution in [-0.2, 0) is 11.2 Å². The summed E-state index contributed by atoms with van der Waals surface area (Å²) in [6.07, 6.45) is 0.535. The lowest BCUT2D eigenvalue weighted by atomic mass is 10.1. The molecule has 2 N–H and O–H groups in total. The van der Waals surface area contributed by atoms with Crippen molar-refractivity contribution in [3.05, 3.63) is 23.8 Å². The Balaban J connectivity index is 2.31. The zero-order valence-electron chi connectivity index (χ0n) is 8.69. The van der Waals surface area contributed by atoms with Gasteiger partial charge in [-0.15, -0.1) is 0 Å². The monoisotopic (exact) mass is 206 g/mol. The lowest BCUT2D eigenvalue weighted by Crippen LogP contribution is -2.30. The maximum absolute atomic E-state index is 11.6. The van der Waals surface area contributed by atoms with E-state index in [1.165, 1.54) is 0 Å². The molecule has 0 aromatic heterocycles. The highest BCUT2D eigenvalue weighted by Crippen LogP contribution is 2.33. The second-order valence-electron chi connectivity index (χ2n) is 3.46. The summed E-state index contributed by atoms with van der Waals surface area (Å²) in [5, 5.41) is 0. The van der Waals surface area contributed by atoms with Crippen molar-refractivity contribution in [3.8, 4) is 0 Å². The second kappa shape index (κ2) is 3.81. The number of nitrogens with zero attached hydrogens (tertiary/aromatic N) is 1. The van der Waals surface area contributed by atoms with Gasteiger partial charge in [-0.25, -0.2) is 4.79 Å². The van der Waals surface area contributed by atoms with Crippen LogP contribution >= 0.6 is 0 Å². The van der Waals surface area contributed by atoms with Gasteiger partial charge in [-0.1, -0.05) is 12.1 Å². The molecule has 1 aromatic carbocycles. The maximum atomic E-state index is 11.6. The fourth-order valence-electron chi connectivity index (χ4n) is 1.87. The van der Waals surface area contributed by atoms with E-state index in [0.29, 0.717) is 18.8 Å². The largest absolute Gasteiger partial charge is 0.449 e. The SMILES string of the molecule is CCOC(=O)N1CCc2cccc(N)c21. The van der Waals surface area contributed by atoms with Gasteiger partial charge in [-0.05, 0) is 25.0 Å². The number of fused-ring (bicyclic) bond motifs is 1. The van der Waals surface area contributed by atoms with E-state index in [1.807, 2.05) is 12.1 Å². The van der Waals surface area contributed by atoms with Crippen molar-refractivity contribution in [2.24, 2.45) is 0 Å². The number of hydrogen-bond donors (Lipinski definition) is 1. The minimum atomic E-state index is -0.311. The minimum absolute atomic E-state index is 0.311. The lowest BCUT2D eigenvalue weighted by Gasteiger charge is -2.17. The molecule has 0 spiro atoms. The number of anilines is 2. The number of carbonyl (C=O) groups excluding carboxylic acids is 1. The third-order valence-electron chi connectivity index (χ3n) is 2.51. The van der Waals surface area contributed by atoms with Crippen molar-refractivity contribution in [3.63, 3.8) is 0 Å². The van der Waals surface area contributed by atoms with Crippen molar-refractivity contribution >= 4 is 17.5 Å². The van der Waals surface area contributed by atoms with Crippen molar-refractivity contribution in [1.29, 1.82) is 0 Å². The number of rotatable bonds is 1. The number of carbonyl (C=O) groups is 1. The molecule has 0 aliphatic carbocycles. The van der Waals surface area contributed by atoms with Crippen LogP contribution in [0.3, 0.4) is 0 Å². The summed E-state index contributed by atoms with van der Waals surface area (Å²) in [5.74, 6) is 0. The van der Waals surface area contributed by atoms with Gasteiger partial charge in [0.1, 0.15) is 0 Å². The molecule has 0 saturated heterocycles. The molecule has 0 saturated carbocycles. The molecule has 0 fully saturated rings. The molecular formula is C11H14N2O2. The first-order valence-corrected chi connectivity index (χ1v) is 5.05. The number of hydrogen-bond acceptors (Lipinski definition) is 3. The molecule has 4 nitrogen and oxygen atoms in total. The second-order valence-corrected chi connectivity index (χ2v) is 3.46. The van der Waals surface area contributed by atoms with Crippen LogP contribution in [0.25, 0.3) is 0 Å². The van der Waals surface area contributed by atoms with Gasteiger partial charge in [-0.3, -0.25) is 4.90 Å². The molecule has 1 heterocycles. The third kappa shape index (κ3) is 1.63. The summed E-state index contributed by atoms with van der Waals surface area (Å²) < 4.78 is 4.97. The van der Waals surface area contributed by atoms with E-state index in [9.17, 15) is 4.79 Å². The Bertz CT molecular complexity index is 390. The predicted octanol–water partition coefficient (Wildman–Crippen LogP) is 1.79. The van der Waals surface area contributed by atoms with E-state index in [0.717, 1.165) is 17.7 Å². The molecule has 80 valence electrons. The molecule has 1 aromatic rings. The summed E-state index contributed by atoms with van der Waals surface area (Å²) in [4.78, 5) is 13.2. The van der Waals surface area contributed by atoms with Gasteiger partial charge in [0.15, 0.2) is 0 Å². The normalized spacial score (nSPS) is 13.8. The van der Waals surface area contributed by atoms with E-state index < -0.39 is 0 Å². The van der Waals surface area contributed by atoms with Crippen LogP contribution in [-0.4, -0.2) is 19.2 Å². The number of nitrogen functional groups attached to an aromatic ring is 1. The Morgan fingerprint density at radius 3 is 3.13 bits per heavy atom. The third-order valence-corrected chi connectivity index (χ3v) is 2.51. The number of amides is 1. The summed E-state index contributed by atoms with van der Waals surface area (Å²) in [6.45, 7) is 2.84. The lowest BCUT2D eigenvalue weighted by molar-refractivity contribution is 0.160. The summed E-state index contributed by atoms with van der Waals surface area (Å²) in [6, 6.07) is 5.70. The quantitative estimate of drug-likeness (QED) is 0.713. The number of ether oxygens (including phenoxy) is 1. The molecule has 1 amide bonds. The highest BCUT2D eigenvalue weighted by molar-refractivity contribution is 5.94. The Morgan fingerprint density at radius 1 is 1.60 bits per heavy atom. The van der Waals surface area contributed by atoms with Crippen molar-refractivity contribution in [2.75, 3.05) is 23.8 Å². The van der Waals surface area contributed by atoms with Crippen LogP contribution in [0.4, 0.5) is 16.2 Å². The highest BCUT2D eigenvalue weighted by atomic mass is 16.6. The molecule has 0 bridgehead atoms. The Hall–Kier alpha value is -1.71. The summed E-state index contributed by atoms with van der Waals surface area (Å²) in [7, 11) is 0.